The highest BCUT2D eigenvalue weighted by atomic mass is 79.9. The number of aromatic nitrogens is 1. The maximum Gasteiger partial charge on any atom is 0.109 e. The van der Waals surface area contributed by atoms with Crippen LogP contribution in [0.5, 0.6) is 0 Å². The van der Waals surface area contributed by atoms with Crippen LogP contribution in [0.1, 0.15) is 12.5 Å². The van der Waals surface area contributed by atoms with E-state index >= 15 is 0 Å². The average Bonchev–Trinajstić information content (AvgIpc) is 1.89. The van der Waals surface area contributed by atoms with Crippen LogP contribution >= 0.6 is 15.9 Å². The second-order valence-corrected chi connectivity index (χ2v) is 2.56. The van der Waals surface area contributed by atoms with E-state index in [1.54, 1.807) is 6.20 Å². The molecule has 0 saturated heterocycles. The fraction of sp³-hybridized carbons (Fsp3) is 0.286. The first-order valence-electron chi connectivity index (χ1n) is 2.94. The zero-order valence-corrected chi connectivity index (χ0v) is 7.43. The highest BCUT2D eigenvalue weighted by Crippen LogP contribution is 2.11. The van der Waals surface area contributed by atoms with Crippen LogP contribution in [-0.4, -0.2) is 13.4 Å². The van der Waals surface area contributed by atoms with Gasteiger partial charge in [-0.15, -0.1) is 0 Å². The van der Waals surface area contributed by atoms with Gasteiger partial charge >= 0.3 is 0 Å². The van der Waals surface area contributed by atoms with Gasteiger partial charge in [0.2, 0.25) is 0 Å². The molecule has 10 heavy (non-hydrogen) atoms. The van der Waals surface area contributed by atoms with Crippen molar-refractivity contribution in [3.63, 3.8) is 0 Å². The number of nitrogens with zero attached hydrogens (tertiary/aromatic N) is 1. The van der Waals surface area contributed by atoms with Gasteiger partial charge in [-0.2, -0.15) is 0 Å². The minimum atomic E-state index is 0. The van der Waals surface area contributed by atoms with Gasteiger partial charge < -0.3 is 0 Å². The minimum absolute atomic E-state index is 0. The number of aryl methyl sites for hydroxylation is 1. The molecule has 1 aromatic heterocycles. The quantitative estimate of drug-likeness (QED) is 0.495. The van der Waals surface area contributed by atoms with E-state index in [0.29, 0.717) is 0 Å². The normalized spacial score (nSPS) is 8.60. The maximum absolute atomic E-state index is 4.07. The molecule has 1 nitrogen and oxygen atoms in total. The van der Waals surface area contributed by atoms with Crippen molar-refractivity contribution < 1.29 is 0 Å². The van der Waals surface area contributed by atoms with Crippen LogP contribution in [0.25, 0.3) is 0 Å². The largest absolute Gasteiger partial charge is 0.249 e. The summed E-state index contributed by atoms with van der Waals surface area (Å²) in [5, 5.41) is 0. The number of pyridine rings is 1. The fourth-order valence-corrected chi connectivity index (χ4v) is 1.21. The van der Waals surface area contributed by atoms with Crippen LogP contribution in [0.4, 0.5) is 0 Å². The first-order valence-corrected chi connectivity index (χ1v) is 3.73. The second-order valence-electron chi connectivity index (χ2n) is 1.81. The number of hydrogen-bond acceptors (Lipinski definition) is 1. The Balaban J connectivity index is 0.000000810. The van der Waals surface area contributed by atoms with Crippen LogP contribution < -0.4 is 0 Å². The lowest BCUT2D eigenvalue weighted by Crippen LogP contribution is -1.83. The highest BCUT2D eigenvalue weighted by Gasteiger charge is 1.93. The van der Waals surface area contributed by atoms with Gasteiger partial charge in [0.1, 0.15) is 4.60 Å². The summed E-state index contributed by atoms with van der Waals surface area (Å²) in [6.45, 7) is 2.11. The van der Waals surface area contributed by atoms with Gasteiger partial charge in [-0.05, 0) is 34.0 Å². The zero-order valence-electron chi connectivity index (χ0n) is 5.84. The molecule has 0 bridgehead atoms. The van der Waals surface area contributed by atoms with Gasteiger partial charge in [-0.25, -0.2) is 4.98 Å². The molecule has 51 valence electrons. The van der Waals surface area contributed by atoms with E-state index in [0.717, 1.165) is 11.0 Å². The molecule has 0 amide bonds. The fourth-order valence-electron chi connectivity index (χ4n) is 0.683. The minimum Gasteiger partial charge on any atom is -0.249 e. The van der Waals surface area contributed by atoms with Crippen LogP contribution in [0.3, 0.4) is 0 Å². The Morgan fingerprint density at radius 2 is 2.30 bits per heavy atom. The molecule has 0 spiro atoms. The monoisotopic (exact) mass is 196 g/mol. The van der Waals surface area contributed by atoms with E-state index in [4.69, 9.17) is 0 Å². The van der Waals surface area contributed by atoms with Crippen molar-refractivity contribution in [2.24, 2.45) is 0 Å². The number of rotatable bonds is 1. The second kappa shape index (κ2) is 4.50. The first-order chi connectivity index (χ1) is 4.34. The van der Waals surface area contributed by atoms with Crippen molar-refractivity contribution in [2.45, 2.75) is 13.3 Å². The molecule has 3 radical (unpaired) electrons. The molecular weight excluding hydrogens is 189 g/mol. The number of hydrogen-bond donors (Lipinski definition) is 0. The van der Waals surface area contributed by atoms with Crippen LogP contribution in [0.15, 0.2) is 22.9 Å². The summed E-state index contributed by atoms with van der Waals surface area (Å²) in [5.74, 6) is 0. The van der Waals surface area contributed by atoms with Crippen molar-refractivity contribution in [3.05, 3.63) is 28.5 Å². The first kappa shape index (κ1) is 9.69. The summed E-state index contributed by atoms with van der Waals surface area (Å²) >= 11 is 3.35. The van der Waals surface area contributed by atoms with Gasteiger partial charge in [-0.3, -0.25) is 0 Å². The predicted octanol–water partition coefficient (Wildman–Crippen LogP) is 2.03. The van der Waals surface area contributed by atoms with Crippen molar-refractivity contribution in [2.75, 3.05) is 0 Å². The SMILES string of the molecule is CCc1cccnc1Br.[B]. The van der Waals surface area contributed by atoms with Crippen molar-refractivity contribution in [3.8, 4) is 0 Å². The van der Waals surface area contributed by atoms with Crippen LogP contribution in [0, 0.1) is 0 Å². The Morgan fingerprint density at radius 3 is 2.70 bits per heavy atom. The van der Waals surface area contributed by atoms with Gasteiger partial charge in [-0.1, -0.05) is 13.0 Å². The van der Waals surface area contributed by atoms with E-state index < -0.39 is 0 Å². The summed E-state index contributed by atoms with van der Waals surface area (Å²) in [7, 11) is 0. The smallest absolute Gasteiger partial charge is 0.109 e. The molecular formula is C7H8BBrN. The standard InChI is InChI=1S/C7H8BrN.B/c1-2-6-4-3-5-9-7(6)8;/h3-5H,2H2,1H3;. The van der Waals surface area contributed by atoms with Crippen LogP contribution in [-0.2, 0) is 6.42 Å². The molecule has 0 aliphatic carbocycles. The molecule has 0 aromatic carbocycles. The van der Waals surface area contributed by atoms with Crippen molar-refractivity contribution >= 4 is 24.3 Å². The third-order valence-corrected chi connectivity index (χ3v) is 1.93. The Bertz CT molecular complexity index is 203. The Morgan fingerprint density at radius 1 is 1.60 bits per heavy atom. The van der Waals surface area contributed by atoms with Crippen molar-refractivity contribution in [1.29, 1.82) is 0 Å². The molecule has 0 atom stereocenters. The summed E-state index contributed by atoms with van der Waals surface area (Å²) in [6, 6.07) is 4.01. The highest BCUT2D eigenvalue weighted by molar-refractivity contribution is 9.10. The summed E-state index contributed by atoms with van der Waals surface area (Å²) in [4.78, 5) is 4.07. The molecule has 0 fully saturated rings. The van der Waals surface area contributed by atoms with Gasteiger partial charge in [0.05, 0.1) is 0 Å². The molecule has 1 heterocycles. The van der Waals surface area contributed by atoms with Crippen LogP contribution in [0.2, 0.25) is 0 Å². The molecule has 1 aromatic rings. The van der Waals surface area contributed by atoms with Gasteiger partial charge in [0, 0.05) is 14.6 Å². The summed E-state index contributed by atoms with van der Waals surface area (Å²) in [5.41, 5.74) is 1.26. The molecule has 1 rings (SSSR count). The zero-order chi connectivity index (χ0) is 6.69. The van der Waals surface area contributed by atoms with E-state index in [-0.39, 0.29) is 8.41 Å². The van der Waals surface area contributed by atoms with E-state index in [1.807, 2.05) is 6.07 Å². The topological polar surface area (TPSA) is 12.9 Å². The maximum atomic E-state index is 4.07. The van der Waals surface area contributed by atoms with Crippen molar-refractivity contribution in [1.82, 2.24) is 4.98 Å². The van der Waals surface area contributed by atoms with Gasteiger partial charge in [0.15, 0.2) is 0 Å². The predicted molar refractivity (Wildman–Crippen MR) is 47.1 cm³/mol. The molecule has 0 aliphatic rings. The van der Waals surface area contributed by atoms with E-state index in [1.165, 1.54) is 5.56 Å². The molecule has 0 N–H and O–H groups in total. The lowest BCUT2D eigenvalue weighted by Gasteiger charge is -1.95. The Labute approximate surface area is 71.6 Å². The van der Waals surface area contributed by atoms with E-state index in [2.05, 4.69) is 33.9 Å². The van der Waals surface area contributed by atoms with E-state index in [9.17, 15) is 0 Å². The summed E-state index contributed by atoms with van der Waals surface area (Å²) in [6.07, 6.45) is 2.82. The molecule has 0 saturated carbocycles. The third kappa shape index (κ3) is 2.14. The lowest BCUT2D eigenvalue weighted by molar-refractivity contribution is 1.08. The third-order valence-electron chi connectivity index (χ3n) is 1.22. The molecule has 3 heteroatoms. The Hall–Kier alpha value is -0.305. The van der Waals surface area contributed by atoms with Gasteiger partial charge in [0.25, 0.3) is 0 Å². The average molecular weight is 197 g/mol. The summed E-state index contributed by atoms with van der Waals surface area (Å²) < 4.78 is 0.965. The Kier molecular flexibility index (Phi) is 4.36. The number of halogens is 1. The molecule has 0 unspecified atom stereocenters. The lowest BCUT2D eigenvalue weighted by atomic mass is 10.2. The molecule has 0 aliphatic heterocycles.